The quantitative estimate of drug-likeness (QED) is 0.853. The van der Waals surface area contributed by atoms with Crippen molar-refractivity contribution in [3.8, 4) is 0 Å². The van der Waals surface area contributed by atoms with Crippen LogP contribution in [0.3, 0.4) is 0 Å². The van der Waals surface area contributed by atoms with Crippen LogP contribution < -0.4 is 4.72 Å². The van der Waals surface area contributed by atoms with E-state index < -0.39 is 33.7 Å². The van der Waals surface area contributed by atoms with E-state index in [1.807, 2.05) is 0 Å². The number of hydrogen-bond donors (Lipinski definition) is 1. The molecule has 0 aromatic heterocycles. The SMILES string of the molecule is [2H]CNS(=O)(=O)c1cccc(C(F)(F)F)c1. The van der Waals surface area contributed by atoms with Gasteiger partial charge in [0, 0.05) is 1.37 Å². The minimum atomic E-state index is -4.59. The molecule has 0 amide bonds. The average Bonchev–Trinajstić information content (AvgIpc) is 2.16. The Labute approximate surface area is 86.4 Å². The van der Waals surface area contributed by atoms with Gasteiger partial charge in [0.1, 0.15) is 0 Å². The van der Waals surface area contributed by atoms with Gasteiger partial charge in [-0.2, -0.15) is 13.2 Å². The Balaban J connectivity index is 3.19. The third-order valence-electron chi connectivity index (χ3n) is 1.66. The van der Waals surface area contributed by atoms with E-state index in [0.29, 0.717) is 6.07 Å². The van der Waals surface area contributed by atoms with Gasteiger partial charge in [-0.25, -0.2) is 13.1 Å². The summed E-state index contributed by atoms with van der Waals surface area (Å²) in [5, 5.41) is 0. The lowest BCUT2D eigenvalue weighted by atomic mass is 10.2. The molecule has 7 heteroatoms. The predicted molar refractivity (Wildman–Crippen MR) is 47.7 cm³/mol. The Kier molecular flexibility index (Phi) is 2.66. The molecule has 0 aliphatic rings. The van der Waals surface area contributed by atoms with Crippen molar-refractivity contribution in [3.63, 3.8) is 0 Å². The molecule has 84 valence electrons. The van der Waals surface area contributed by atoms with Gasteiger partial charge in [-0.15, -0.1) is 0 Å². The highest BCUT2D eigenvalue weighted by molar-refractivity contribution is 7.89. The summed E-state index contributed by atoms with van der Waals surface area (Å²) in [6.45, 7) is 0. The maximum Gasteiger partial charge on any atom is 0.416 e. The van der Waals surface area contributed by atoms with Gasteiger partial charge in [0.05, 0.1) is 10.5 Å². The molecule has 0 aliphatic carbocycles. The van der Waals surface area contributed by atoms with Crippen LogP contribution in [0.2, 0.25) is 0 Å². The number of nitrogens with one attached hydrogen (secondary N) is 1. The second-order valence-electron chi connectivity index (χ2n) is 2.67. The highest BCUT2D eigenvalue weighted by atomic mass is 32.2. The van der Waals surface area contributed by atoms with Crippen LogP contribution in [-0.2, 0) is 16.2 Å². The number of halogens is 3. The molecule has 0 fully saturated rings. The van der Waals surface area contributed by atoms with Gasteiger partial charge in [0.25, 0.3) is 0 Å². The number of hydrogen-bond acceptors (Lipinski definition) is 2. The molecular formula is C8H8F3NO2S. The topological polar surface area (TPSA) is 46.2 Å². The number of sulfonamides is 1. The number of rotatable bonds is 2. The molecule has 0 saturated heterocycles. The Morgan fingerprint density at radius 2 is 2.07 bits per heavy atom. The van der Waals surface area contributed by atoms with Crippen LogP contribution in [-0.4, -0.2) is 15.4 Å². The minimum absolute atomic E-state index is 0.505. The molecule has 3 nitrogen and oxygen atoms in total. The third-order valence-corrected chi connectivity index (χ3v) is 2.92. The minimum Gasteiger partial charge on any atom is -0.214 e. The van der Waals surface area contributed by atoms with E-state index in [0.717, 1.165) is 18.2 Å². The summed E-state index contributed by atoms with van der Waals surface area (Å²) in [6, 6.07) is 3.34. The van der Waals surface area contributed by atoms with Gasteiger partial charge in [0.2, 0.25) is 10.0 Å². The molecule has 0 radical (unpaired) electrons. The van der Waals surface area contributed by atoms with Gasteiger partial charge in [0.15, 0.2) is 0 Å². The van der Waals surface area contributed by atoms with Crippen molar-refractivity contribution >= 4 is 10.0 Å². The van der Waals surface area contributed by atoms with Crippen LogP contribution in [0.25, 0.3) is 0 Å². The van der Waals surface area contributed by atoms with Crippen LogP contribution in [0.1, 0.15) is 6.93 Å². The molecule has 0 spiro atoms. The first-order valence-electron chi connectivity index (χ1n) is 4.44. The first-order valence-corrected chi connectivity index (χ1v) is 5.22. The fourth-order valence-corrected chi connectivity index (χ4v) is 1.63. The molecule has 1 aromatic rings. The van der Waals surface area contributed by atoms with E-state index in [-0.39, 0.29) is 0 Å². The Hall–Kier alpha value is -1.08. The molecule has 0 heterocycles. The van der Waals surface area contributed by atoms with Gasteiger partial charge in [-0.05, 0) is 25.2 Å². The van der Waals surface area contributed by atoms with Crippen molar-refractivity contribution in [2.45, 2.75) is 11.1 Å². The van der Waals surface area contributed by atoms with Crippen LogP contribution in [0.4, 0.5) is 13.2 Å². The Bertz CT molecular complexity index is 472. The van der Waals surface area contributed by atoms with E-state index >= 15 is 0 Å². The van der Waals surface area contributed by atoms with Crippen LogP contribution in [0.15, 0.2) is 29.2 Å². The van der Waals surface area contributed by atoms with Crippen molar-refractivity contribution in [3.05, 3.63) is 29.8 Å². The van der Waals surface area contributed by atoms with Gasteiger partial charge in [-0.1, -0.05) is 6.07 Å². The Morgan fingerprint density at radius 1 is 1.40 bits per heavy atom. The zero-order chi connectivity index (χ0) is 12.4. The van der Waals surface area contributed by atoms with Crippen molar-refractivity contribution < 1.29 is 23.0 Å². The van der Waals surface area contributed by atoms with E-state index in [2.05, 4.69) is 0 Å². The third kappa shape index (κ3) is 2.69. The highest BCUT2D eigenvalue weighted by Gasteiger charge is 2.31. The zero-order valence-electron chi connectivity index (χ0n) is 8.38. The largest absolute Gasteiger partial charge is 0.416 e. The summed E-state index contributed by atoms with van der Waals surface area (Å²) in [4.78, 5) is -0.505. The fourth-order valence-electron chi connectivity index (χ4n) is 0.923. The molecule has 0 unspecified atom stereocenters. The molecule has 0 saturated carbocycles. The van der Waals surface area contributed by atoms with Crippen molar-refractivity contribution in [1.82, 2.24) is 4.72 Å². The zero-order valence-corrected chi connectivity index (χ0v) is 8.19. The standard InChI is InChI=1S/C8H8F3NO2S/c1-12-15(13,14)7-4-2-3-6(5-7)8(9,10)11/h2-5,12H,1H3/i1D. The summed E-state index contributed by atoms with van der Waals surface area (Å²) in [6.07, 6.45) is -4.59. The normalized spacial score (nSPS) is 13.7. The van der Waals surface area contributed by atoms with E-state index in [1.54, 1.807) is 4.72 Å². The summed E-state index contributed by atoms with van der Waals surface area (Å²) in [7, 11) is -4.66. The molecule has 0 atom stereocenters. The summed E-state index contributed by atoms with van der Waals surface area (Å²) < 4.78 is 68.0. The predicted octanol–water partition coefficient (Wildman–Crippen LogP) is 1.61. The first kappa shape index (κ1) is 10.4. The van der Waals surface area contributed by atoms with Gasteiger partial charge < -0.3 is 0 Å². The second-order valence-corrected chi connectivity index (χ2v) is 4.44. The van der Waals surface area contributed by atoms with Gasteiger partial charge >= 0.3 is 6.18 Å². The van der Waals surface area contributed by atoms with Crippen molar-refractivity contribution in [2.75, 3.05) is 7.02 Å². The molecule has 15 heavy (non-hydrogen) atoms. The summed E-state index contributed by atoms with van der Waals surface area (Å²) in [5.41, 5.74) is -1.04. The maximum absolute atomic E-state index is 12.3. The average molecular weight is 240 g/mol. The van der Waals surface area contributed by atoms with Crippen LogP contribution in [0, 0.1) is 0 Å². The molecule has 0 bridgehead atoms. The molecule has 1 rings (SSSR count). The van der Waals surface area contributed by atoms with Crippen molar-refractivity contribution in [2.24, 2.45) is 0 Å². The Morgan fingerprint density at radius 3 is 2.60 bits per heavy atom. The van der Waals surface area contributed by atoms with Crippen molar-refractivity contribution in [1.29, 1.82) is 0 Å². The molecular weight excluding hydrogens is 231 g/mol. The molecule has 1 N–H and O–H groups in total. The lowest BCUT2D eigenvalue weighted by Crippen LogP contribution is -2.19. The summed E-state index contributed by atoms with van der Waals surface area (Å²) in [5.74, 6) is 0. The fraction of sp³-hybridized carbons (Fsp3) is 0.250. The lowest BCUT2D eigenvalue weighted by Gasteiger charge is -2.08. The maximum atomic E-state index is 12.3. The smallest absolute Gasteiger partial charge is 0.214 e. The second kappa shape index (κ2) is 3.82. The van der Waals surface area contributed by atoms with E-state index in [9.17, 15) is 21.6 Å². The first-order chi connectivity index (χ1) is 7.27. The highest BCUT2D eigenvalue weighted by Crippen LogP contribution is 2.30. The summed E-state index contributed by atoms with van der Waals surface area (Å²) >= 11 is 0. The lowest BCUT2D eigenvalue weighted by molar-refractivity contribution is -0.137. The number of alkyl halides is 3. The van der Waals surface area contributed by atoms with Crippen LogP contribution >= 0.6 is 0 Å². The van der Waals surface area contributed by atoms with E-state index in [4.69, 9.17) is 1.37 Å². The van der Waals surface area contributed by atoms with Crippen LogP contribution in [0.5, 0.6) is 0 Å². The molecule has 1 aromatic carbocycles. The number of benzene rings is 1. The monoisotopic (exact) mass is 240 g/mol. The van der Waals surface area contributed by atoms with E-state index in [1.165, 1.54) is 0 Å². The molecule has 0 aliphatic heterocycles. The van der Waals surface area contributed by atoms with Gasteiger partial charge in [-0.3, -0.25) is 0 Å².